The molecule has 0 aliphatic heterocycles. The quantitative estimate of drug-likeness (QED) is 0.173. The number of aryl methyl sites for hydroxylation is 1. The maximum atomic E-state index is 12.9. The smallest absolute Gasteiger partial charge is 0.262 e. The van der Waals surface area contributed by atoms with Gasteiger partial charge >= 0.3 is 0 Å². The van der Waals surface area contributed by atoms with Crippen LogP contribution in [0.25, 0.3) is 23.0 Å². The van der Waals surface area contributed by atoms with Gasteiger partial charge in [0.25, 0.3) is 5.91 Å². The Balaban J connectivity index is 1.45. The average molecular weight is 525 g/mol. The molecule has 0 bridgehead atoms. The molecule has 0 saturated heterocycles. The van der Waals surface area contributed by atoms with E-state index < -0.39 is 5.91 Å². The molecule has 0 fully saturated rings. The summed E-state index contributed by atoms with van der Waals surface area (Å²) in [5.41, 5.74) is 6.18. The minimum atomic E-state index is -0.444. The topological polar surface area (TPSA) is 79.9 Å². The van der Waals surface area contributed by atoms with Gasteiger partial charge in [-0.3, -0.25) is 4.79 Å². The van der Waals surface area contributed by atoms with E-state index in [0.29, 0.717) is 30.2 Å². The Hall–Kier alpha value is -5.41. The number of aromatic nitrogens is 2. The van der Waals surface area contributed by atoms with Crippen LogP contribution < -0.4 is 10.1 Å². The molecule has 0 aliphatic rings. The van der Waals surface area contributed by atoms with Gasteiger partial charge in [-0.15, -0.1) is 0 Å². The van der Waals surface area contributed by atoms with Gasteiger partial charge in [-0.25, -0.2) is 4.68 Å². The number of hydrogen-bond donors (Lipinski definition) is 1. The number of hydrogen-bond acceptors (Lipinski definition) is 4. The lowest BCUT2D eigenvalue weighted by atomic mass is 10.1. The first kappa shape index (κ1) is 26.2. The van der Waals surface area contributed by atoms with Crippen molar-refractivity contribution in [1.29, 1.82) is 5.26 Å². The van der Waals surface area contributed by atoms with Crippen LogP contribution in [-0.2, 0) is 17.9 Å². The lowest BCUT2D eigenvalue weighted by molar-refractivity contribution is -0.117. The van der Waals surface area contributed by atoms with E-state index in [0.717, 1.165) is 22.4 Å². The van der Waals surface area contributed by atoms with Crippen molar-refractivity contribution < 1.29 is 9.53 Å². The standard InChI is InChI=1S/C34H28N4O2/c1-25-15-17-27(18-16-25)24-40-32-14-8-11-28(20-32)33-30(23-38(37-33)31-12-6-3-7-13-31)19-29(21-35)34(39)36-22-26-9-4-2-5-10-26/h2-20,23H,22,24H2,1H3,(H,36,39). The number of amides is 1. The predicted octanol–water partition coefficient (Wildman–Crippen LogP) is 6.65. The van der Waals surface area contributed by atoms with Crippen molar-refractivity contribution in [3.8, 4) is 28.8 Å². The fourth-order valence-corrected chi connectivity index (χ4v) is 4.19. The number of nitriles is 1. The Labute approximate surface area is 233 Å². The zero-order chi connectivity index (χ0) is 27.7. The fourth-order valence-electron chi connectivity index (χ4n) is 4.19. The Kier molecular flexibility index (Phi) is 8.14. The van der Waals surface area contributed by atoms with Crippen molar-refractivity contribution >= 4 is 12.0 Å². The summed E-state index contributed by atoms with van der Waals surface area (Å²) >= 11 is 0. The van der Waals surface area contributed by atoms with Gasteiger partial charge in [0, 0.05) is 23.9 Å². The van der Waals surface area contributed by atoms with E-state index in [9.17, 15) is 10.1 Å². The number of benzene rings is 4. The predicted molar refractivity (Wildman–Crippen MR) is 156 cm³/mol. The molecule has 6 nitrogen and oxygen atoms in total. The van der Waals surface area contributed by atoms with Crippen molar-refractivity contribution in [1.82, 2.24) is 15.1 Å². The van der Waals surface area contributed by atoms with Gasteiger partial charge < -0.3 is 10.1 Å². The van der Waals surface area contributed by atoms with Gasteiger partial charge in [-0.1, -0.05) is 90.5 Å². The van der Waals surface area contributed by atoms with Gasteiger partial charge in [0.05, 0.1) is 5.69 Å². The second kappa shape index (κ2) is 12.4. The average Bonchev–Trinajstić information content (AvgIpc) is 3.43. The Morgan fingerprint density at radius 3 is 2.38 bits per heavy atom. The van der Waals surface area contributed by atoms with Gasteiger partial charge in [0.15, 0.2) is 0 Å². The normalized spacial score (nSPS) is 11.1. The van der Waals surface area contributed by atoms with Crippen LogP contribution in [0.5, 0.6) is 5.75 Å². The molecular weight excluding hydrogens is 496 g/mol. The molecule has 5 rings (SSSR count). The minimum Gasteiger partial charge on any atom is -0.489 e. The second-order valence-corrected chi connectivity index (χ2v) is 9.35. The van der Waals surface area contributed by atoms with Crippen LogP contribution in [0.15, 0.2) is 121 Å². The summed E-state index contributed by atoms with van der Waals surface area (Å²) in [5, 5.41) is 17.5. The van der Waals surface area contributed by atoms with E-state index in [1.165, 1.54) is 5.56 Å². The Bertz CT molecular complexity index is 1670. The maximum absolute atomic E-state index is 12.9. The highest BCUT2D eigenvalue weighted by Gasteiger charge is 2.16. The summed E-state index contributed by atoms with van der Waals surface area (Å²) in [4.78, 5) is 12.9. The van der Waals surface area contributed by atoms with Crippen molar-refractivity contribution in [3.05, 3.63) is 143 Å². The highest BCUT2D eigenvalue weighted by molar-refractivity contribution is 6.02. The maximum Gasteiger partial charge on any atom is 0.262 e. The van der Waals surface area contributed by atoms with Crippen molar-refractivity contribution in [3.63, 3.8) is 0 Å². The zero-order valence-electron chi connectivity index (χ0n) is 22.1. The van der Waals surface area contributed by atoms with Gasteiger partial charge in [0.2, 0.25) is 0 Å². The first-order chi connectivity index (χ1) is 19.6. The second-order valence-electron chi connectivity index (χ2n) is 9.35. The molecule has 0 saturated carbocycles. The highest BCUT2D eigenvalue weighted by Crippen LogP contribution is 2.29. The summed E-state index contributed by atoms with van der Waals surface area (Å²) in [6.45, 7) is 2.82. The van der Waals surface area contributed by atoms with E-state index in [2.05, 4.69) is 42.6 Å². The Morgan fingerprint density at radius 2 is 1.65 bits per heavy atom. The number of carbonyl (C=O) groups is 1. The molecule has 0 radical (unpaired) electrons. The van der Waals surface area contributed by atoms with E-state index >= 15 is 0 Å². The number of carbonyl (C=O) groups excluding carboxylic acids is 1. The first-order valence-electron chi connectivity index (χ1n) is 13.0. The molecule has 0 spiro atoms. The third kappa shape index (κ3) is 6.53. The van der Waals surface area contributed by atoms with Gasteiger partial charge in [-0.05, 0) is 48.4 Å². The van der Waals surface area contributed by atoms with Crippen LogP contribution in [0.2, 0.25) is 0 Å². The van der Waals surface area contributed by atoms with Crippen molar-refractivity contribution in [2.24, 2.45) is 0 Å². The molecule has 5 aromatic rings. The number of nitrogens with zero attached hydrogens (tertiary/aromatic N) is 3. The summed E-state index contributed by atoms with van der Waals surface area (Å²) in [6.07, 6.45) is 3.41. The third-order valence-electron chi connectivity index (χ3n) is 6.36. The van der Waals surface area contributed by atoms with Crippen LogP contribution in [0, 0.1) is 18.3 Å². The van der Waals surface area contributed by atoms with Crippen LogP contribution >= 0.6 is 0 Å². The summed E-state index contributed by atoms with van der Waals surface area (Å²) in [5.74, 6) is 0.253. The van der Waals surface area contributed by atoms with Crippen molar-refractivity contribution in [2.75, 3.05) is 0 Å². The number of rotatable bonds is 9. The zero-order valence-corrected chi connectivity index (χ0v) is 22.1. The van der Waals surface area contributed by atoms with Crippen LogP contribution in [0.1, 0.15) is 22.3 Å². The van der Waals surface area contributed by atoms with Gasteiger partial charge in [0.1, 0.15) is 29.7 Å². The molecule has 196 valence electrons. The SMILES string of the molecule is Cc1ccc(COc2cccc(-c3nn(-c4ccccc4)cc3C=C(C#N)C(=O)NCc3ccccc3)c2)cc1. The third-order valence-corrected chi connectivity index (χ3v) is 6.36. The van der Waals surface area contributed by atoms with E-state index in [1.54, 1.807) is 10.8 Å². The van der Waals surface area contributed by atoms with Crippen LogP contribution in [0.4, 0.5) is 0 Å². The monoisotopic (exact) mass is 524 g/mol. The number of ether oxygens (including phenoxy) is 1. The van der Waals surface area contributed by atoms with Crippen molar-refractivity contribution in [2.45, 2.75) is 20.1 Å². The summed E-state index contributed by atoms with van der Waals surface area (Å²) in [7, 11) is 0. The first-order valence-corrected chi connectivity index (χ1v) is 13.0. The molecule has 4 aromatic carbocycles. The molecule has 0 atom stereocenters. The van der Waals surface area contributed by atoms with Crippen LogP contribution in [-0.4, -0.2) is 15.7 Å². The molecule has 6 heteroatoms. The molecule has 1 aromatic heterocycles. The molecule has 0 aliphatic carbocycles. The van der Waals surface area contributed by atoms with Crippen LogP contribution in [0.3, 0.4) is 0 Å². The number of para-hydroxylation sites is 1. The largest absolute Gasteiger partial charge is 0.489 e. The molecule has 1 heterocycles. The molecular formula is C34H28N4O2. The number of nitrogens with one attached hydrogen (secondary N) is 1. The molecule has 40 heavy (non-hydrogen) atoms. The van der Waals surface area contributed by atoms with E-state index in [1.807, 2.05) is 91.1 Å². The Morgan fingerprint density at radius 1 is 0.925 bits per heavy atom. The minimum absolute atomic E-state index is 0.00318. The lowest BCUT2D eigenvalue weighted by Crippen LogP contribution is -2.23. The van der Waals surface area contributed by atoms with E-state index in [-0.39, 0.29) is 5.57 Å². The molecule has 1 N–H and O–H groups in total. The highest BCUT2D eigenvalue weighted by atomic mass is 16.5. The molecule has 1 amide bonds. The summed E-state index contributed by atoms with van der Waals surface area (Å²) < 4.78 is 7.82. The molecule has 0 unspecified atom stereocenters. The fraction of sp³-hybridized carbons (Fsp3) is 0.0882. The summed E-state index contributed by atoms with van der Waals surface area (Å²) in [6, 6.07) is 37.2. The lowest BCUT2D eigenvalue weighted by Gasteiger charge is -2.08. The van der Waals surface area contributed by atoms with E-state index in [4.69, 9.17) is 9.84 Å². The van der Waals surface area contributed by atoms with Gasteiger partial charge in [-0.2, -0.15) is 10.4 Å².